The summed E-state index contributed by atoms with van der Waals surface area (Å²) >= 11 is 0. The lowest BCUT2D eigenvalue weighted by Gasteiger charge is -2.22. The summed E-state index contributed by atoms with van der Waals surface area (Å²) in [6.07, 6.45) is 5.58. The van der Waals surface area contributed by atoms with Gasteiger partial charge in [-0.2, -0.15) is 0 Å². The van der Waals surface area contributed by atoms with E-state index in [1.807, 2.05) is 0 Å². The molecule has 2 bridgehead atoms. The lowest BCUT2D eigenvalue weighted by molar-refractivity contribution is 0.162. The molecule has 5 aliphatic rings. The van der Waals surface area contributed by atoms with E-state index in [9.17, 15) is 0 Å². The molecule has 5 rings (SSSR count). The van der Waals surface area contributed by atoms with Crippen LogP contribution in [0, 0.1) is 23.7 Å². The number of rotatable bonds is 0. The first-order chi connectivity index (χ1) is 5.93. The van der Waals surface area contributed by atoms with Crippen molar-refractivity contribution in [2.75, 3.05) is 0 Å². The number of hydrogen-bond donors (Lipinski definition) is 0. The largest absolute Gasteiger partial charge is 0.369 e. The van der Waals surface area contributed by atoms with Crippen LogP contribution >= 0.6 is 0 Å². The van der Waals surface area contributed by atoms with Crippen molar-refractivity contribution < 1.29 is 9.47 Å². The van der Waals surface area contributed by atoms with E-state index in [1.165, 1.54) is 12.8 Å². The topological polar surface area (TPSA) is 25.1 Å². The molecule has 64 valence electrons. The van der Waals surface area contributed by atoms with Crippen molar-refractivity contribution in [3.63, 3.8) is 0 Å². The van der Waals surface area contributed by atoms with E-state index in [0.717, 1.165) is 23.7 Å². The molecule has 2 heteroatoms. The van der Waals surface area contributed by atoms with Crippen molar-refractivity contribution in [2.24, 2.45) is 23.7 Å². The van der Waals surface area contributed by atoms with Gasteiger partial charge in [-0.25, -0.2) is 0 Å². The van der Waals surface area contributed by atoms with Crippen LogP contribution in [0.3, 0.4) is 0 Å². The van der Waals surface area contributed by atoms with Crippen LogP contribution in [-0.2, 0) is 9.47 Å². The first kappa shape index (κ1) is 5.61. The SMILES string of the molecule is C1[C@@H]2[C@H]3C[C@@H]4O[C@H]4[C@@H]3[C@H]1[C@@H]1O[C@H]21. The first-order valence-electron chi connectivity index (χ1n) is 5.24. The molecule has 5 fully saturated rings. The lowest BCUT2D eigenvalue weighted by Crippen LogP contribution is -2.27. The van der Waals surface area contributed by atoms with Crippen LogP contribution < -0.4 is 0 Å². The van der Waals surface area contributed by atoms with Gasteiger partial charge in [-0.15, -0.1) is 0 Å². The summed E-state index contributed by atoms with van der Waals surface area (Å²) in [7, 11) is 0. The van der Waals surface area contributed by atoms with Gasteiger partial charge < -0.3 is 9.47 Å². The lowest BCUT2D eigenvalue weighted by atomic mass is 9.81. The highest BCUT2D eigenvalue weighted by Gasteiger charge is 2.74. The molecule has 0 aromatic rings. The molecule has 0 N–H and O–H groups in total. The average molecular weight is 164 g/mol. The minimum atomic E-state index is 0.676. The van der Waals surface area contributed by atoms with Gasteiger partial charge in [0, 0.05) is 0 Å². The molecule has 2 aliphatic heterocycles. The molecule has 0 unspecified atom stereocenters. The summed E-state index contributed by atoms with van der Waals surface area (Å²) in [5.41, 5.74) is 0. The number of hydrogen-bond acceptors (Lipinski definition) is 2. The Kier molecular flexibility index (Phi) is 0.644. The molecule has 3 saturated carbocycles. The van der Waals surface area contributed by atoms with Crippen LogP contribution in [0.25, 0.3) is 0 Å². The molecular weight excluding hydrogens is 152 g/mol. The van der Waals surface area contributed by atoms with E-state index in [1.54, 1.807) is 0 Å². The summed E-state index contributed by atoms with van der Waals surface area (Å²) in [6, 6.07) is 0. The van der Waals surface area contributed by atoms with E-state index in [-0.39, 0.29) is 0 Å². The molecule has 0 spiro atoms. The van der Waals surface area contributed by atoms with Crippen LogP contribution in [0.5, 0.6) is 0 Å². The van der Waals surface area contributed by atoms with Crippen molar-refractivity contribution in [3.05, 3.63) is 0 Å². The molecule has 2 saturated heterocycles. The molecule has 2 nitrogen and oxygen atoms in total. The van der Waals surface area contributed by atoms with E-state index in [2.05, 4.69) is 0 Å². The Morgan fingerprint density at radius 3 is 2.67 bits per heavy atom. The Hall–Kier alpha value is -0.0800. The Balaban J connectivity index is 1.66. The normalized spacial score (nSPS) is 80.0. The van der Waals surface area contributed by atoms with Crippen LogP contribution in [-0.4, -0.2) is 24.4 Å². The third-order valence-corrected chi connectivity index (χ3v) is 4.99. The van der Waals surface area contributed by atoms with Gasteiger partial charge in [-0.1, -0.05) is 0 Å². The smallest absolute Gasteiger partial charge is 0.0876 e. The third kappa shape index (κ3) is 0.409. The molecule has 0 aromatic heterocycles. The van der Waals surface area contributed by atoms with Crippen molar-refractivity contribution in [2.45, 2.75) is 37.3 Å². The maximum absolute atomic E-state index is 5.69. The molecule has 0 amide bonds. The number of fused-ring (bicyclic) bond motifs is 10. The van der Waals surface area contributed by atoms with E-state index in [0.29, 0.717) is 24.4 Å². The first-order valence-corrected chi connectivity index (χ1v) is 5.24. The van der Waals surface area contributed by atoms with Gasteiger partial charge in [0.25, 0.3) is 0 Å². The van der Waals surface area contributed by atoms with Crippen molar-refractivity contribution in [1.82, 2.24) is 0 Å². The summed E-state index contributed by atoms with van der Waals surface area (Å²) in [4.78, 5) is 0. The van der Waals surface area contributed by atoms with E-state index >= 15 is 0 Å². The second-order valence-corrected chi connectivity index (χ2v) is 5.24. The van der Waals surface area contributed by atoms with Crippen molar-refractivity contribution in [1.29, 1.82) is 0 Å². The van der Waals surface area contributed by atoms with Gasteiger partial charge in [-0.3, -0.25) is 0 Å². The highest BCUT2D eigenvalue weighted by Crippen LogP contribution is 2.69. The second-order valence-electron chi connectivity index (χ2n) is 5.24. The van der Waals surface area contributed by atoms with Crippen LogP contribution in [0.1, 0.15) is 12.8 Å². The van der Waals surface area contributed by atoms with Gasteiger partial charge >= 0.3 is 0 Å². The fraction of sp³-hybridized carbons (Fsp3) is 1.00. The van der Waals surface area contributed by atoms with Crippen LogP contribution in [0.2, 0.25) is 0 Å². The maximum Gasteiger partial charge on any atom is 0.0876 e. The minimum Gasteiger partial charge on any atom is -0.369 e. The number of epoxide rings is 2. The van der Waals surface area contributed by atoms with Crippen molar-refractivity contribution >= 4 is 0 Å². The monoisotopic (exact) mass is 164 g/mol. The molecular formula is C10H12O2. The predicted octanol–water partition coefficient (Wildman–Crippen LogP) is 0.807. The van der Waals surface area contributed by atoms with Crippen LogP contribution in [0.4, 0.5) is 0 Å². The molecule has 0 radical (unpaired) electrons. The second kappa shape index (κ2) is 1.38. The van der Waals surface area contributed by atoms with Gasteiger partial charge in [-0.05, 0) is 36.5 Å². The standard InChI is InChI=1S/C10H12O2/c1-4-3-2-6-10(11-6)7(3)5(1)9-8(4)12-9/h3-10H,1-2H2/t3-,4-,5+,6+,7+,8-,9+,10-/m1/s1. The summed E-state index contributed by atoms with van der Waals surface area (Å²) in [5.74, 6) is 3.77. The zero-order valence-electron chi connectivity index (χ0n) is 6.85. The van der Waals surface area contributed by atoms with Gasteiger partial charge in [0.1, 0.15) is 0 Å². The zero-order chi connectivity index (χ0) is 7.45. The fourth-order valence-corrected chi connectivity index (χ4v) is 4.58. The van der Waals surface area contributed by atoms with Crippen molar-refractivity contribution in [3.8, 4) is 0 Å². The van der Waals surface area contributed by atoms with Gasteiger partial charge in [0.15, 0.2) is 0 Å². The Morgan fingerprint density at radius 2 is 1.67 bits per heavy atom. The summed E-state index contributed by atoms with van der Waals surface area (Å²) in [6.45, 7) is 0. The average Bonchev–Trinajstić information content (AvgIpc) is 2.92. The molecule has 0 aromatic carbocycles. The highest BCUT2D eigenvalue weighted by molar-refractivity contribution is 5.21. The summed E-state index contributed by atoms with van der Waals surface area (Å²) in [5, 5.41) is 0. The van der Waals surface area contributed by atoms with E-state index < -0.39 is 0 Å². The molecule has 8 atom stereocenters. The molecule has 3 aliphatic carbocycles. The molecule has 2 heterocycles. The maximum atomic E-state index is 5.69. The van der Waals surface area contributed by atoms with E-state index in [4.69, 9.17) is 9.47 Å². The molecule has 12 heavy (non-hydrogen) atoms. The summed E-state index contributed by atoms with van der Waals surface area (Å²) < 4.78 is 11.3. The Labute approximate surface area is 71.2 Å². The highest BCUT2D eigenvalue weighted by atomic mass is 16.6. The van der Waals surface area contributed by atoms with Gasteiger partial charge in [0.2, 0.25) is 0 Å². The quantitative estimate of drug-likeness (QED) is 0.495. The zero-order valence-corrected chi connectivity index (χ0v) is 6.85. The van der Waals surface area contributed by atoms with Gasteiger partial charge in [0.05, 0.1) is 24.4 Å². The fourth-order valence-electron chi connectivity index (χ4n) is 4.58. The predicted molar refractivity (Wildman–Crippen MR) is 40.5 cm³/mol. The minimum absolute atomic E-state index is 0.676. The third-order valence-electron chi connectivity index (χ3n) is 4.99. The Bertz CT molecular complexity index is 273. The van der Waals surface area contributed by atoms with Crippen LogP contribution in [0.15, 0.2) is 0 Å². The Morgan fingerprint density at radius 1 is 0.750 bits per heavy atom. The number of ether oxygens (including phenoxy) is 2.